The van der Waals surface area contributed by atoms with Crippen LogP contribution in [0, 0.1) is 0 Å². The van der Waals surface area contributed by atoms with Crippen molar-refractivity contribution in [2.45, 2.75) is 79.2 Å². The van der Waals surface area contributed by atoms with Gasteiger partial charge in [-0.25, -0.2) is 28.9 Å². The van der Waals surface area contributed by atoms with Crippen molar-refractivity contribution in [1.29, 1.82) is 0 Å². The summed E-state index contributed by atoms with van der Waals surface area (Å²) in [4.78, 5) is 55.6. The molecule has 4 heterocycles. The molecular formula is C32H40N8O5. The van der Waals surface area contributed by atoms with Crippen LogP contribution >= 0.6 is 0 Å². The zero-order chi connectivity index (χ0) is 32.7. The van der Waals surface area contributed by atoms with Crippen LogP contribution in [-0.4, -0.2) is 66.2 Å². The van der Waals surface area contributed by atoms with Crippen molar-refractivity contribution in [2.75, 3.05) is 23.8 Å². The average molecular weight is 617 g/mol. The van der Waals surface area contributed by atoms with Gasteiger partial charge in [-0.15, -0.1) is 0 Å². The molecule has 0 bridgehead atoms. The summed E-state index contributed by atoms with van der Waals surface area (Å²) in [6.45, 7) is 14.2. The predicted molar refractivity (Wildman–Crippen MR) is 171 cm³/mol. The molecule has 0 saturated heterocycles. The highest BCUT2D eigenvalue weighted by atomic mass is 16.6. The van der Waals surface area contributed by atoms with E-state index in [0.717, 1.165) is 23.2 Å². The molecule has 1 N–H and O–H groups in total. The number of ether oxygens (including phenoxy) is 2. The lowest BCUT2D eigenvalue weighted by atomic mass is 9.99. The predicted octanol–water partition coefficient (Wildman–Crippen LogP) is 5.41. The Bertz CT molecular complexity index is 1820. The smallest absolute Gasteiger partial charge is 0.415 e. The molecular weight excluding hydrogens is 576 g/mol. The highest BCUT2D eigenvalue weighted by molar-refractivity contribution is 5.86. The number of carbonyl (C=O) groups is 2. The zero-order valence-electron chi connectivity index (χ0n) is 27.0. The summed E-state index contributed by atoms with van der Waals surface area (Å²) < 4.78 is 14.2. The van der Waals surface area contributed by atoms with Crippen molar-refractivity contribution in [2.24, 2.45) is 0 Å². The zero-order valence-corrected chi connectivity index (χ0v) is 27.0. The molecule has 2 amide bonds. The fourth-order valence-corrected chi connectivity index (χ4v) is 4.99. The van der Waals surface area contributed by atoms with Gasteiger partial charge in [0.15, 0.2) is 11.5 Å². The van der Waals surface area contributed by atoms with Crippen LogP contribution in [0.3, 0.4) is 0 Å². The molecule has 1 aliphatic heterocycles. The fourth-order valence-electron chi connectivity index (χ4n) is 4.99. The topological polar surface area (TPSA) is 137 Å². The summed E-state index contributed by atoms with van der Waals surface area (Å²) in [7, 11) is 1.58. The molecule has 238 valence electrons. The van der Waals surface area contributed by atoms with E-state index >= 15 is 0 Å². The van der Waals surface area contributed by atoms with E-state index < -0.39 is 17.3 Å². The molecule has 45 heavy (non-hydrogen) atoms. The third kappa shape index (κ3) is 6.92. The molecule has 0 fully saturated rings. The van der Waals surface area contributed by atoms with E-state index in [2.05, 4.69) is 15.3 Å². The van der Waals surface area contributed by atoms with Gasteiger partial charge in [0.25, 0.3) is 5.56 Å². The van der Waals surface area contributed by atoms with Gasteiger partial charge in [0.2, 0.25) is 5.95 Å². The minimum atomic E-state index is -0.669. The second kappa shape index (κ2) is 11.9. The second-order valence-electron chi connectivity index (χ2n) is 12.9. The van der Waals surface area contributed by atoms with Crippen LogP contribution in [0.1, 0.15) is 59.6 Å². The normalized spacial score (nSPS) is 13.4. The molecule has 4 aromatic rings. The summed E-state index contributed by atoms with van der Waals surface area (Å²) in [6.07, 6.45) is 1.33. The standard InChI is InChI=1S/C32H40N8O5/c1-9-39-27(41)23-18-33-28(34-22-14-13-20-15-16-38(19-21(20)17-22)30(43)45-32(5,6)7)36-26(23)40(39)25-12-10-11-24(35-25)37(8)29(42)44-31(2,3)4/h10-14,17-18H,9,15-16,19H2,1-8H3,(H,33,34,36). The van der Waals surface area contributed by atoms with Gasteiger partial charge in [0.1, 0.15) is 22.4 Å². The first-order valence-electron chi connectivity index (χ1n) is 14.9. The Kier molecular flexibility index (Phi) is 8.30. The maximum atomic E-state index is 13.3. The molecule has 0 unspecified atom stereocenters. The van der Waals surface area contributed by atoms with Gasteiger partial charge in [-0.1, -0.05) is 12.1 Å². The minimum absolute atomic E-state index is 0.261. The van der Waals surface area contributed by atoms with Gasteiger partial charge in [0.05, 0.1) is 0 Å². The molecule has 0 saturated carbocycles. The van der Waals surface area contributed by atoms with Gasteiger partial charge in [0, 0.05) is 38.6 Å². The maximum absolute atomic E-state index is 13.3. The quantitative estimate of drug-likeness (QED) is 0.312. The average Bonchev–Trinajstić information content (AvgIpc) is 3.25. The molecule has 0 atom stereocenters. The van der Waals surface area contributed by atoms with E-state index in [0.29, 0.717) is 42.3 Å². The number of nitrogens with one attached hydrogen (secondary N) is 1. The number of fused-ring (bicyclic) bond motifs is 2. The van der Waals surface area contributed by atoms with Crippen LogP contribution in [0.5, 0.6) is 0 Å². The van der Waals surface area contributed by atoms with E-state index in [4.69, 9.17) is 14.5 Å². The van der Waals surface area contributed by atoms with Crippen molar-refractivity contribution in [3.05, 3.63) is 64.1 Å². The van der Waals surface area contributed by atoms with Gasteiger partial charge >= 0.3 is 12.2 Å². The molecule has 0 spiro atoms. The Morgan fingerprint density at radius 2 is 1.73 bits per heavy atom. The van der Waals surface area contributed by atoms with E-state index in [1.807, 2.05) is 45.9 Å². The van der Waals surface area contributed by atoms with Gasteiger partial charge in [-0.05, 0) is 90.3 Å². The summed E-state index contributed by atoms with van der Waals surface area (Å²) >= 11 is 0. The number of hydrogen-bond donors (Lipinski definition) is 1. The van der Waals surface area contributed by atoms with Gasteiger partial charge in [-0.3, -0.25) is 9.69 Å². The second-order valence-corrected chi connectivity index (χ2v) is 12.9. The van der Waals surface area contributed by atoms with Crippen LogP contribution in [0.4, 0.5) is 27.0 Å². The highest BCUT2D eigenvalue weighted by Gasteiger charge is 2.26. The first kappa shape index (κ1) is 31.5. The summed E-state index contributed by atoms with van der Waals surface area (Å²) in [5.74, 6) is 1.03. The molecule has 13 nitrogen and oxygen atoms in total. The molecule has 0 aliphatic carbocycles. The number of amides is 2. The third-order valence-electron chi connectivity index (χ3n) is 7.05. The number of nitrogens with zero attached hydrogens (tertiary/aromatic N) is 7. The first-order chi connectivity index (χ1) is 21.1. The number of hydrogen-bond acceptors (Lipinski definition) is 9. The number of aromatic nitrogens is 5. The first-order valence-corrected chi connectivity index (χ1v) is 14.9. The van der Waals surface area contributed by atoms with Gasteiger partial charge < -0.3 is 19.7 Å². The minimum Gasteiger partial charge on any atom is -0.444 e. The Labute approximate surface area is 261 Å². The molecule has 13 heteroatoms. The van der Waals surface area contributed by atoms with E-state index in [1.54, 1.807) is 55.6 Å². The number of benzene rings is 1. The molecule has 0 radical (unpaired) electrons. The highest BCUT2D eigenvalue weighted by Crippen LogP contribution is 2.26. The summed E-state index contributed by atoms with van der Waals surface area (Å²) in [6, 6.07) is 11.1. The van der Waals surface area contributed by atoms with Crippen molar-refractivity contribution in [3.8, 4) is 5.82 Å². The monoisotopic (exact) mass is 616 g/mol. The lowest BCUT2D eigenvalue weighted by molar-refractivity contribution is 0.0223. The lowest BCUT2D eigenvalue weighted by Gasteiger charge is -2.31. The maximum Gasteiger partial charge on any atom is 0.415 e. The summed E-state index contributed by atoms with van der Waals surface area (Å²) in [5, 5.41) is 3.58. The summed E-state index contributed by atoms with van der Waals surface area (Å²) in [5.41, 5.74) is 1.76. The van der Waals surface area contributed by atoms with Crippen LogP contribution in [0.15, 0.2) is 47.4 Å². The number of anilines is 3. The Morgan fingerprint density at radius 3 is 2.42 bits per heavy atom. The van der Waals surface area contributed by atoms with E-state index in [1.165, 1.54) is 15.8 Å². The van der Waals surface area contributed by atoms with E-state index in [-0.39, 0.29) is 17.6 Å². The Balaban J connectivity index is 1.45. The van der Waals surface area contributed by atoms with Crippen LogP contribution in [-0.2, 0) is 29.0 Å². The van der Waals surface area contributed by atoms with Crippen LogP contribution < -0.4 is 15.8 Å². The number of pyridine rings is 1. The SMILES string of the molecule is CCn1c(=O)c2cnc(Nc3ccc4c(c3)CN(C(=O)OC(C)(C)C)CC4)nc2n1-c1cccc(N(C)C(=O)OC(C)(C)C)n1. The molecule has 3 aromatic heterocycles. The molecule has 1 aromatic carbocycles. The van der Waals surface area contributed by atoms with Crippen molar-refractivity contribution < 1.29 is 19.1 Å². The number of carbonyl (C=O) groups excluding carboxylic acids is 2. The lowest BCUT2D eigenvalue weighted by Crippen LogP contribution is -2.39. The van der Waals surface area contributed by atoms with Crippen LogP contribution in [0.2, 0.25) is 0 Å². The number of rotatable bonds is 5. The third-order valence-corrected chi connectivity index (χ3v) is 7.05. The van der Waals surface area contributed by atoms with Crippen molar-refractivity contribution >= 4 is 40.7 Å². The van der Waals surface area contributed by atoms with Gasteiger partial charge in [-0.2, -0.15) is 4.98 Å². The molecule has 5 rings (SSSR count). The fraction of sp³-hybridized carbons (Fsp3) is 0.438. The Hall–Kier alpha value is -4.94. The van der Waals surface area contributed by atoms with Crippen molar-refractivity contribution in [3.63, 3.8) is 0 Å². The van der Waals surface area contributed by atoms with E-state index in [9.17, 15) is 14.4 Å². The Morgan fingerprint density at radius 1 is 1.00 bits per heavy atom. The molecule has 1 aliphatic rings. The largest absolute Gasteiger partial charge is 0.444 e. The van der Waals surface area contributed by atoms with Crippen LogP contribution in [0.25, 0.3) is 16.9 Å². The van der Waals surface area contributed by atoms with Crippen molar-refractivity contribution in [1.82, 2.24) is 29.2 Å².